The fourth-order valence-corrected chi connectivity index (χ4v) is 6.04. The van der Waals surface area contributed by atoms with Gasteiger partial charge >= 0.3 is 0 Å². The molecule has 0 amide bonds. The molecule has 0 atom stereocenters. The Labute approximate surface area is 118 Å². The maximum absolute atomic E-state index is 4.14. The molecule has 4 bridgehead atoms. The van der Waals surface area contributed by atoms with Crippen molar-refractivity contribution in [2.45, 2.75) is 83.7 Å². The fourth-order valence-electron chi connectivity index (χ4n) is 6.04. The molecule has 5 rings (SSSR count). The van der Waals surface area contributed by atoms with Crippen LogP contribution < -0.4 is 5.32 Å². The standard InChI is InChI=1S/C18H31N/c1-18(2)5-3-16(4-6-18)19-17-14-8-12-7-13(10-14)11-15(17)9-12/h12-17,19H,3-11H2,1-2H3. The Morgan fingerprint density at radius 1 is 0.789 bits per heavy atom. The van der Waals surface area contributed by atoms with Gasteiger partial charge < -0.3 is 5.32 Å². The lowest BCUT2D eigenvalue weighted by molar-refractivity contribution is -0.0207. The highest BCUT2D eigenvalue weighted by Gasteiger charge is 2.48. The van der Waals surface area contributed by atoms with Gasteiger partial charge in [0, 0.05) is 12.1 Å². The lowest BCUT2D eigenvalue weighted by atomic mass is 9.54. The van der Waals surface area contributed by atoms with E-state index in [0.29, 0.717) is 5.41 Å². The van der Waals surface area contributed by atoms with Gasteiger partial charge in [-0.05, 0) is 86.9 Å². The molecule has 0 unspecified atom stereocenters. The number of rotatable bonds is 2. The maximum atomic E-state index is 4.14. The average Bonchev–Trinajstić information content (AvgIpc) is 2.35. The zero-order valence-electron chi connectivity index (χ0n) is 12.8. The molecule has 1 N–H and O–H groups in total. The van der Waals surface area contributed by atoms with E-state index >= 15 is 0 Å². The molecule has 0 aromatic heterocycles. The lowest BCUT2D eigenvalue weighted by Gasteiger charge is -2.55. The molecule has 5 saturated carbocycles. The Morgan fingerprint density at radius 2 is 1.32 bits per heavy atom. The van der Waals surface area contributed by atoms with Crippen LogP contribution in [0.2, 0.25) is 0 Å². The average molecular weight is 261 g/mol. The molecule has 0 spiro atoms. The summed E-state index contributed by atoms with van der Waals surface area (Å²) in [5, 5.41) is 4.14. The van der Waals surface area contributed by atoms with E-state index in [9.17, 15) is 0 Å². The molecule has 19 heavy (non-hydrogen) atoms. The predicted octanol–water partition coefficient (Wildman–Crippen LogP) is 4.37. The zero-order valence-corrected chi connectivity index (χ0v) is 12.8. The van der Waals surface area contributed by atoms with Crippen LogP contribution in [-0.2, 0) is 0 Å². The van der Waals surface area contributed by atoms with Gasteiger partial charge in [0.1, 0.15) is 0 Å². The molecular weight excluding hydrogens is 230 g/mol. The molecule has 0 aromatic rings. The van der Waals surface area contributed by atoms with E-state index in [1.54, 1.807) is 32.1 Å². The quantitative estimate of drug-likeness (QED) is 0.778. The van der Waals surface area contributed by atoms with Crippen molar-refractivity contribution < 1.29 is 0 Å². The van der Waals surface area contributed by atoms with Crippen LogP contribution in [0.3, 0.4) is 0 Å². The summed E-state index contributed by atoms with van der Waals surface area (Å²) < 4.78 is 0. The predicted molar refractivity (Wildman–Crippen MR) is 80.0 cm³/mol. The minimum Gasteiger partial charge on any atom is -0.311 e. The summed E-state index contributed by atoms with van der Waals surface area (Å²) in [6.07, 6.45) is 13.5. The van der Waals surface area contributed by atoms with Crippen molar-refractivity contribution >= 4 is 0 Å². The van der Waals surface area contributed by atoms with Gasteiger partial charge in [-0.1, -0.05) is 13.8 Å². The van der Waals surface area contributed by atoms with Gasteiger partial charge in [-0.2, -0.15) is 0 Å². The Balaban J connectivity index is 1.38. The molecule has 5 aliphatic carbocycles. The van der Waals surface area contributed by atoms with Crippen LogP contribution in [0.1, 0.15) is 71.6 Å². The molecule has 0 saturated heterocycles. The molecule has 1 nitrogen and oxygen atoms in total. The van der Waals surface area contributed by atoms with E-state index < -0.39 is 0 Å². The van der Waals surface area contributed by atoms with Crippen LogP contribution >= 0.6 is 0 Å². The highest BCUT2D eigenvalue weighted by atomic mass is 15.0. The molecule has 0 aromatic carbocycles. The first-order valence-electron chi connectivity index (χ1n) is 8.85. The van der Waals surface area contributed by atoms with Crippen LogP contribution in [0, 0.1) is 29.1 Å². The van der Waals surface area contributed by atoms with Crippen molar-refractivity contribution in [3.8, 4) is 0 Å². The number of nitrogens with one attached hydrogen (secondary N) is 1. The maximum Gasteiger partial charge on any atom is 0.0127 e. The summed E-state index contributed by atoms with van der Waals surface area (Å²) in [5.74, 6) is 4.33. The van der Waals surface area contributed by atoms with Gasteiger partial charge in [-0.3, -0.25) is 0 Å². The topological polar surface area (TPSA) is 12.0 Å². The third-order valence-corrected chi connectivity index (χ3v) is 6.99. The van der Waals surface area contributed by atoms with Gasteiger partial charge in [-0.15, -0.1) is 0 Å². The normalized spacial score (nSPS) is 48.6. The van der Waals surface area contributed by atoms with Crippen molar-refractivity contribution in [1.82, 2.24) is 5.32 Å². The molecular formula is C18H31N. The number of hydrogen-bond acceptors (Lipinski definition) is 1. The minimum atomic E-state index is 0.613. The van der Waals surface area contributed by atoms with Gasteiger partial charge in [0.15, 0.2) is 0 Å². The summed E-state index contributed by atoms with van der Waals surface area (Å²) in [6, 6.07) is 1.74. The van der Waals surface area contributed by atoms with Crippen molar-refractivity contribution in [2.24, 2.45) is 29.1 Å². The molecule has 5 fully saturated rings. The SMILES string of the molecule is CC1(C)CCC(NC2C3CC4CC(C3)CC2C4)CC1. The van der Waals surface area contributed by atoms with Crippen LogP contribution in [0.15, 0.2) is 0 Å². The highest BCUT2D eigenvalue weighted by Crippen LogP contribution is 2.54. The molecule has 1 heteroatoms. The van der Waals surface area contributed by atoms with E-state index in [2.05, 4.69) is 19.2 Å². The molecule has 0 radical (unpaired) electrons. The van der Waals surface area contributed by atoms with Gasteiger partial charge in [0.2, 0.25) is 0 Å². The summed E-state index contributed by atoms with van der Waals surface area (Å²) >= 11 is 0. The smallest absolute Gasteiger partial charge is 0.0127 e. The summed E-state index contributed by atoms with van der Waals surface area (Å²) in [7, 11) is 0. The van der Waals surface area contributed by atoms with Crippen molar-refractivity contribution in [1.29, 1.82) is 0 Å². The van der Waals surface area contributed by atoms with Crippen LogP contribution in [-0.4, -0.2) is 12.1 Å². The summed E-state index contributed by atoms with van der Waals surface area (Å²) in [4.78, 5) is 0. The van der Waals surface area contributed by atoms with Crippen LogP contribution in [0.25, 0.3) is 0 Å². The minimum absolute atomic E-state index is 0.613. The van der Waals surface area contributed by atoms with Crippen LogP contribution in [0.4, 0.5) is 0 Å². The third kappa shape index (κ3) is 2.37. The third-order valence-electron chi connectivity index (χ3n) is 6.99. The largest absolute Gasteiger partial charge is 0.311 e. The first kappa shape index (κ1) is 12.7. The Bertz CT molecular complexity index is 308. The van der Waals surface area contributed by atoms with Gasteiger partial charge in [0.05, 0.1) is 0 Å². The van der Waals surface area contributed by atoms with E-state index in [0.717, 1.165) is 35.8 Å². The second-order valence-corrected chi connectivity index (χ2v) is 9.06. The molecule has 108 valence electrons. The summed E-state index contributed by atoms with van der Waals surface area (Å²) in [6.45, 7) is 4.90. The van der Waals surface area contributed by atoms with E-state index in [-0.39, 0.29) is 0 Å². The van der Waals surface area contributed by atoms with Crippen molar-refractivity contribution in [3.63, 3.8) is 0 Å². The Kier molecular flexibility index (Phi) is 2.99. The summed E-state index contributed by atoms with van der Waals surface area (Å²) in [5.41, 5.74) is 0.613. The van der Waals surface area contributed by atoms with Crippen LogP contribution in [0.5, 0.6) is 0 Å². The molecule has 5 aliphatic rings. The molecule has 0 heterocycles. The zero-order chi connectivity index (χ0) is 13.0. The first-order valence-corrected chi connectivity index (χ1v) is 8.85. The van der Waals surface area contributed by atoms with Crippen molar-refractivity contribution in [2.75, 3.05) is 0 Å². The Morgan fingerprint density at radius 3 is 1.84 bits per heavy atom. The van der Waals surface area contributed by atoms with E-state index in [1.807, 2.05) is 0 Å². The van der Waals surface area contributed by atoms with E-state index in [1.165, 1.54) is 25.7 Å². The second-order valence-electron chi connectivity index (χ2n) is 9.06. The van der Waals surface area contributed by atoms with E-state index in [4.69, 9.17) is 0 Å². The molecule has 0 aliphatic heterocycles. The van der Waals surface area contributed by atoms with Crippen molar-refractivity contribution in [3.05, 3.63) is 0 Å². The fraction of sp³-hybridized carbons (Fsp3) is 1.00. The lowest BCUT2D eigenvalue weighted by Crippen LogP contribution is -2.57. The highest BCUT2D eigenvalue weighted by molar-refractivity contribution is 5.02. The Hall–Kier alpha value is -0.0400. The van der Waals surface area contributed by atoms with Gasteiger partial charge in [-0.25, -0.2) is 0 Å². The monoisotopic (exact) mass is 261 g/mol. The number of hydrogen-bond donors (Lipinski definition) is 1. The first-order chi connectivity index (χ1) is 9.09. The van der Waals surface area contributed by atoms with Gasteiger partial charge in [0.25, 0.3) is 0 Å². The second kappa shape index (κ2) is 4.48.